The lowest BCUT2D eigenvalue weighted by Gasteiger charge is -2.33. The first kappa shape index (κ1) is 13.6. The summed E-state index contributed by atoms with van der Waals surface area (Å²) in [5.74, 6) is 0.609. The molecule has 2 aromatic heterocycles. The maximum Gasteiger partial charge on any atom is 0.225 e. The number of halogens is 1. The van der Waals surface area contributed by atoms with Crippen LogP contribution in [0, 0.1) is 0 Å². The molecular formula is C11H13ClN4O3S. The zero-order chi connectivity index (χ0) is 14.3. The Morgan fingerprint density at radius 2 is 1.95 bits per heavy atom. The molecule has 0 bridgehead atoms. The van der Waals surface area contributed by atoms with Crippen LogP contribution in [0.25, 0.3) is 11.1 Å². The van der Waals surface area contributed by atoms with Crippen molar-refractivity contribution in [3.63, 3.8) is 0 Å². The van der Waals surface area contributed by atoms with Crippen molar-refractivity contribution in [2.75, 3.05) is 37.3 Å². The highest BCUT2D eigenvalue weighted by atomic mass is 35.5. The highest BCUT2D eigenvalue weighted by Gasteiger charge is 2.26. The monoisotopic (exact) mass is 316 g/mol. The maximum atomic E-state index is 11.5. The Kier molecular flexibility index (Phi) is 3.31. The van der Waals surface area contributed by atoms with Gasteiger partial charge in [-0.2, -0.15) is 9.29 Å². The van der Waals surface area contributed by atoms with E-state index < -0.39 is 10.0 Å². The summed E-state index contributed by atoms with van der Waals surface area (Å²) in [7, 11) is -3.15. The fourth-order valence-electron chi connectivity index (χ4n) is 2.27. The molecule has 3 rings (SSSR count). The van der Waals surface area contributed by atoms with Gasteiger partial charge >= 0.3 is 0 Å². The van der Waals surface area contributed by atoms with Gasteiger partial charge in [-0.1, -0.05) is 0 Å². The number of sulfonamides is 1. The fraction of sp³-hybridized carbons (Fsp3) is 0.455. The Balaban J connectivity index is 1.89. The van der Waals surface area contributed by atoms with Gasteiger partial charge in [0.25, 0.3) is 0 Å². The molecule has 0 N–H and O–H groups in total. The third kappa shape index (κ3) is 2.46. The molecule has 1 aliphatic heterocycles. The molecule has 0 spiro atoms. The van der Waals surface area contributed by atoms with Crippen LogP contribution in [0.3, 0.4) is 0 Å². The summed E-state index contributed by atoms with van der Waals surface area (Å²) in [6.07, 6.45) is 2.75. The second-order valence-electron chi connectivity index (χ2n) is 4.60. The maximum absolute atomic E-state index is 11.5. The molecule has 0 amide bonds. The standard InChI is InChI=1S/C11H13ClN4O3S/c1-20(17,18)16-5-3-15(4-6-16)10-9-8(2-7-19-9)13-11(12)14-10/h2,7H,3-6H2,1H3. The number of aromatic nitrogens is 2. The first-order chi connectivity index (χ1) is 9.45. The molecule has 0 radical (unpaired) electrons. The number of fused-ring (bicyclic) bond motifs is 1. The van der Waals surface area contributed by atoms with Crippen LogP contribution in [0.2, 0.25) is 5.28 Å². The Hall–Kier alpha value is -1.38. The van der Waals surface area contributed by atoms with Gasteiger partial charge < -0.3 is 9.32 Å². The molecule has 1 aliphatic rings. The van der Waals surface area contributed by atoms with Gasteiger partial charge in [0.05, 0.1) is 12.5 Å². The second-order valence-corrected chi connectivity index (χ2v) is 6.92. The summed E-state index contributed by atoms with van der Waals surface area (Å²) in [4.78, 5) is 10.2. The second kappa shape index (κ2) is 4.87. The van der Waals surface area contributed by atoms with Crippen molar-refractivity contribution in [3.8, 4) is 0 Å². The van der Waals surface area contributed by atoms with E-state index >= 15 is 0 Å². The quantitative estimate of drug-likeness (QED) is 0.768. The van der Waals surface area contributed by atoms with Crippen molar-refractivity contribution >= 4 is 38.5 Å². The van der Waals surface area contributed by atoms with Gasteiger partial charge in [0.1, 0.15) is 5.52 Å². The summed E-state index contributed by atoms with van der Waals surface area (Å²) >= 11 is 5.90. The van der Waals surface area contributed by atoms with Crippen LogP contribution in [-0.4, -0.2) is 55.1 Å². The Morgan fingerprint density at radius 1 is 1.25 bits per heavy atom. The lowest BCUT2D eigenvalue weighted by Crippen LogP contribution is -2.48. The number of nitrogens with zero attached hydrogens (tertiary/aromatic N) is 4. The minimum atomic E-state index is -3.15. The van der Waals surface area contributed by atoms with Crippen LogP contribution in [0.5, 0.6) is 0 Å². The number of anilines is 1. The van der Waals surface area contributed by atoms with Crippen LogP contribution >= 0.6 is 11.6 Å². The topological polar surface area (TPSA) is 79.5 Å². The summed E-state index contributed by atoms with van der Waals surface area (Å²) in [5, 5.41) is 0.152. The van der Waals surface area contributed by atoms with E-state index in [1.807, 2.05) is 4.90 Å². The summed E-state index contributed by atoms with van der Waals surface area (Å²) in [6, 6.07) is 1.72. The van der Waals surface area contributed by atoms with Crippen LogP contribution in [0.1, 0.15) is 0 Å². The molecule has 1 saturated heterocycles. The number of hydrogen-bond acceptors (Lipinski definition) is 6. The predicted octanol–water partition coefficient (Wildman–Crippen LogP) is 0.958. The molecule has 108 valence electrons. The van der Waals surface area contributed by atoms with Crippen LogP contribution < -0.4 is 4.90 Å². The first-order valence-electron chi connectivity index (χ1n) is 6.06. The molecule has 9 heteroatoms. The lowest BCUT2D eigenvalue weighted by molar-refractivity contribution is 0.386. The van der Waals surface area contributed by atoms with Gasteiger partial charge in [0, 0.05) is 32.2 Å². The van der Waals surface area contributed by atoms with Gasteiger partial charge in [0.2, 0.25) is 15.3 Å². The van der Waals surface area contributed by atoms with Gasteiger partial charge in [0.15, 0.2) is 11.4 Å². The smallest absolute Gasteiger partial charge is 0.225 e. The number of rotatable bonds is 2. The molecular weight excluding hydrogens is 304 g/mol. The third-order valence-electron chi connectivity index (χ3n) is 3.27. The summed E-state index contributed by atoms with van der Waals surface area (Å²) in [5.41, 5.74) is 1.22. The van der Waals surface area contributed by atoms with E-state index in [0.717, 1.165) is 0 Å². The van der Waals surface area contributed by atoms with Crippen molar-refractivity contribution in [1.82, 2.24) is 14.3 Å². The van der Waals surface area contributed by atoms with Crippen molar-refractivity contribution in [2.45, 2.75) is 0 Å². The summed E-state index contributed by atoms with van der Waals surface area (Å²) < 4.78 is 29.8. The van der Waals surface area contributed by atoms with Gasteiger partial charge in [-0.15, -0.1) is 0 Å². The molecule has 0 saturated carbocycles. The van der Waals surface area contributed by atoms with E-state index in [-0.39, 0.29) is 5.28 Å². The highest BCUT2D eigenvalue weighted by Crippen LogP contribution is 2.27. The zero-order valence-electron chi connectivity index (χ0n) is 10.8. The minimum Gasteiger partial charge on any atom is -0.459 e. The lowest BCUT2D eigenvalue weighted by atomic mass is 10.3. The van der Waals surface area contributed by atoms with Crippen LogP contribution in [-0.2, 0) is 10.0 Å². The zero-order valence-corrected chi connectivity index (χ0v) is 12.4. The fourth-order valence-corrected chi connectivity index (χ4v) is 3.26. The molecule has 3 heterocycles. The molecule has 0 atom stereocenters. The normalized spacial score (nSPS) is 17.8. The van der Waals surface area contributed by atoms with E-state index in [9.17, 15) is 8.42 Å². The Morgan fingerprint density at radius 3 is 2.60 bits per heavy atom. The van der Waals surface area contributed by atoms with Crippen molar-refractivity contribution in [3.05, 3.63) is 17.6 Å². The van der Waals surface area contributed by atoms with E-state index in [1.54, 1.807) is 6.07 Å². The van der Waals surface area contributed by atoms with Crippen molar-refractivity contribution < 1.29 is 12.8 Å². The van der Waals surface area contributed by atoms with E-state index in [2.05, 4.69) is 9.97 Å². The molecule has 0 unspecified atom stereocenters. The van der Waals surface area contributed by atoms with Gasteiger partial charge in [-0.25, -0.2) is 13.4 Å². The average Bonchev–Trinajstić information content (AvgIpc) is 2.85. The molecule has 2 aromatic rings. The van der Waals surface area contributed by atoms with Crippen molar-refractivity contribution in [1.29, 1.82) is 0 Å². The third-order valence-corrected chi connectivity index (χ3v) is 4.74. The van der Waals surface area contributed by atoms with Crippen molar-refractivity contribution in [2.24, 2.45) is 0 Å². The number of furan rings is 1. The van der Waals surface area contributed by atoms with Crippen LogP contribution in [0.15, 0.2) is 16.7 Å². The van der Waals surface area contributed by atoms with Gasteiger partial charge in [-0.3, -0.25) is 0 Å². The molecule has 20 heavy (non-hydrogen) atoms. The van der Waals surface area contributed by atoms with E-state index in [1.165, 1.54) is 16.8 Å². The Bertz CT molecular complexity index is 737. The van der Waals surface area contributed by atoms with E-state index in [0.29, 0.717) is 43.1 Å². The predicted molar refractivity (Wildman–Crippen MR) is 75.4 cm³/mol. The largest absolute Gasteiger partial charge is 0.459 e. The molecule has 0 aromatic carbocycles. The molecule has 0 aliphatic carbocycles. The Labute approximate surface area is 121 Å². The number of hydrogen-bond donors (Lipinski definition) is 0. The molecule has 1 fully saturated rings. The molecule has 7 nitrogen and oxygen atoms in total. The minimum absolute atomic E-state index is 0.152. The SMILES string of the molecule is CS(=O)(=O)N1CCN(c2nc(Cl)nc3ccoc23)CC1. The average molecular weight is 317 g/mol. The first-order valence-corrected chi connectivity index (χ1v) is 8.28. The number of piperazine rings is 1. The summed E-state index contributed by atoms with van der Waals surface area (Å²) in [6.45, 7) is 1.91. The van der Waals surface area contributed by atoms with E-state index in [4.69, 9.17) is 16.0 Å². The highest BCUT2D eigenvalue weighted by molar-refractivity contribution is 7.88. The van der Waals surface area contributed by atoms with Crippen LogP contribution in [0.4, 0.5) is 5.82 Å². The van der Waals surface area contributed by atoms with Gasteiger partial charge in [-0.05, 0) is 11.6 Å².